The molecule has 1 heterocycles. The van der Waals surface area contributed by atoms with Crippen LogP contribution in [0.2, 0.25) is 0 Å². The van der Waals surface area contributed by atoms with E-state index < -0.39 is 0 Å². The van der Waals surface area contributed by atoms with Gasteiger partial charge in [-0.05, 0) is 43.3 Å². The van der Waals surface area contributed by atoms with Gasteiger partial charge in [0.15, 0.2) is 0 Å². The molecule has 3 rings (SSSR count). The first-order valence-corrected chi connectivity index (χ1v) is 11.3. The van der Waals surface area contributed by atoms with Crippen molar-refractivity contribution in [2.45, 2.75) is 6.92 Å². The van der Waals surface area contributed by atoms with Crippen LogP contribution in [-0.2, 0) is 14.3 Å². The fourth-order valence-corrected chi connectivity index (χ4v) is 3.80. The van der Waals surface area contributed by atoms with E-state index >= 15 is 0 Å². The van der Waals surface area contributed by atoms with Gasteiger partial charge < -0.3 is 24.8 Å². The molecule has 2 aromatic rings. The van der Waals surface area contributed by atoms with E-state index in [0.717, 1.165) is 29.9 Å². The zero-order chi connectivity index (χ0) is 24.5. The number of carbonyl (C=O) groups is 3. The van der Waals surface area contributed by atoms with Crippen LogP contribution in [-0.4, -0.2) is 80.5 Å². The number of hydrogen-bond acceptors (Lipinski definition) is 5. The maximum Gasteiger partial charge on any atom is 0.253 e. The quantitative estimate of drug-likeness (QED) is 0.577. The molecule has 1 N–H and O–H groups in total. The van der Waals surface area contributed by atoms with Crippen molar-refractivity contribution in [3.05, 3.63) is 72.3 Å². The molecule has 0 aromatic heterocycles. The second-order valence-electron chi connectivity index (χ2n) is 8.24. The van der Waals surface area contributed by atoms with Gasteiger partial charge in [0.25, 0.3) is 5.91 Å². The van der Waals surface area contributed by atoms with Gasteiger partial charge in [-0.25, -0.2) is 0 Å². The summed E-state index contributed by atoms with van der Waals surface area (Å²) in [7, 11) is 1.44. The van der Waals surface area contributed by atoms with Crippen LogP contribution in [0.5, 0.6) is 0 Å². The Morgan fingerprint density at radius 2 is 1.68 bits per heavy atom. The first-order valence-electron chi connectivity index (χ1n) is 11.3. The maximum atomic E-state index is 12.7. The van der Waals surface area contributed by atoms with Gasteiger partial charge in [0.2, 0.25) is 11.8 Å². The summed E-state index contributed by atoms with van der Waals surface area (Å²) in [6.45, 7) is 8.52. The standard InChI is InChI=1S/C26H32N4O4/c1-4-13-30(25(32)19-34-3)18-24(31)27-22-9-11-23(12-10-22)28-14-16-29(17-15-28)26(33)21-7-5-20(2)6-8-21/h4-12H,1,13-19H2,2-3H3,(H,27,31). The van der Waals surface area contributed by atoms with Crippen molar-refractivity contribution < 1.29 is 19.1 Å². The molecule has 0 spiro atoms. The van der Waals surface area contributed by atoms with E-state index in [-0.39, 0.29) is 37.4 Å². The molecule has 0 radical (unpaired) electrons. The number of amides is 3. The van der Waals surface area contributed by atoms with Gasteiger partial charge in [0.05, 0.1) is 0 Å². The molecule has 0 bridgehead atoms. The van der Waals surface area contributed by atoms with E-state index in [4.69, 9.17) is 4.74 Å². The second kappa shape index (κ2) is 12.0. The molecule has 3 amide bonds. The van der Waals surface area contributed by atoms with Gasteiger partial charge in [-0.15, -0.1) is 6.58 Å². The summed E-state index contributed by atoms with van der Waals surface area (Å²) in [5, 5.41) is 2.82. The van der Waals surface area contributed by atoms with E-state index in [1.807, 2.05) is 60.4 Å². The highest BCUT2D eigenvalue weighted by Crippen LogP contribution is 2.20. The average Bonchev–Trinajstić information content (AvgIpc) is 2.84. The number of hydrogen-bond donors (Lipinski definition) is 1. The third-order valence-corrected chi connectivity index (χ3v) is 5.69. The third-order valence-electron chi connectivity index (χ3n) is 5.69. The SMILES string of the molecule is C=CCN(CC(=O)Nc1ccc(N2CCN(C(=O)c3ccc(C)cc3)CC2)cc1)C(=O)COC. The Morgan fingerprint density at radius 1 is 1.03 bits per heavy atom. The lowest BCUT2D eigenvalue weighted by molar-refractivity contribution is -0.137. The van der Waals surface area contributed by atoms with Crippen molar-refractivity contribution >= 4 is 29.1 Å². The number of nitrogens with one attached hydrogen (secondary N) is 1. The molecular formula is C26H32N4O4. The van der Waals surface area contributed by atoms with Gasteiger partial charge in [0, 0.05) is 56.8 Å². The van der Waals surface area contributed by atoms with E-state index in [9.17, 15) is 14.4 Å². The van der Waals surface area contributed by atoms with Crippen LogP contribution in [0, 0.1) is 6.92 Å². The highest BCUT2D eigenvalue weighted by atomic mass is 16.5. The number of rotatable bonds is 9. The fraction of sp³-hybridized carbons (Fsp3) is 0.346. The molecule has 1 fully saturated rings. The van der Waals surface area contributed by atoms with Gasteiger partial charge in [-0.3, -0.25) is 14.4 Å². The fourth-order valence-electron chi connectivity index (χ4n) is 3.80. The molecule has 0 saturated carbocycles. The van der Waals surface area contributed by atoms with E-state index in [2.05, 4.69) is 16.8 Å². The number of methoxy groups -OCH3 is 1. The zero-order valence-corrected chi connectivity index (χ0v) is 19.8. The lowest BCUT2D eigenvalue weighted by Gasteiger charge is -2.36. The smallest absolute Gasteiger partial charge is 0.253 e. The second-order valence-corrected chi connectivity index (χ2v) is 8.24. The normalized spacial score (nSPS) is 13.4. The monoisotopic (exact) mass is 464 g/mol. The Labute approximate surface area is 200 Å². The summed E-state index contributed by atoms with van der Waals surface area (Å²) in [6, 6.07) is 15.2. The number of nitrogens with zero attached hydrogens (tertiary/aromatic N) is 3. The lowest BCUT2D eigenvalue weighted by Crippen LogP contribution is -2.48. The molecule has 180 valence electrons. The van der Waals surface area contributed by atoms with Crippen molar-refractivity contribution in [2.75, 3.05) is 63.2 Å². The molecule has 1 aliphatic heterocycles. The predicted octanol–water partition coefficient (Wildman–Crippen LogP) is 2.56. The number of carbonyl (C=O) groups excluding carboxylic acids is 3. The summed E-state index contributed by atoms with van der Waals surface area (Å²) in [6.07, 6.45) is 1.57. The van der Waals surface area contributed by atoms with Crippen molar-refractivity contribution in [1.29, 1.82) is 0 Å². The Bertz CT molecular complexity index is 996. The lowest BCUT2D eigenvalue weighted by atomic mass is 10.1. The van der Waals surface area contributed by atoms with Crippen LogP contribution in [0.25, 0.3) is 0 Å². The average molecular weight is 465 g/mol. The van der Waals surface area contributed by atoms with Crippen LogP contribution in [0.1, 0.15) is 15.9 Å². The molecule has 2 aromatic carbocycles. The molecular weight excluding hydrogens is 432 g/mol. The summed E-state index contributed by atoms with van der Waals surface area (Å²) >= 11 is 0. The molecule has 1 saturated heterocycles. The summed E-state index contributed by atoms with van der Waals surface area (Å²) in [5.41, 5.74) is 3.54. The highest BCUT2D eigenvalue weighted by molar-refractivity contribution is 5.95. The minimum atomic E-state index is -0.290. The van der Waals surface area contributed by atoms with E-state index in [0.29, 0.717) is 18.8 Å². The van der Waals surface area contributed by atoms with Crippen LogP contribution in [0.15, 0.2) is 61.2 Å². The number of piperazine rings is 1. The molecule has 0 atom stereocenters. The van der Waals surface area contributed by atoms with Gasteiger partial charge >= 0.3 is 0 Å². The van der Waals surface area contributed by atoms with Crippen LogP contribution in [0.4, 0.5) is 11.4 Å². The zero-order valence-electron chi connectivity index (χ0n) is 19.8. The molecule has 8 heteroatoms. The van der Waals surface area contributed by atoms with Gasteiger partial charge in [0.1, 0.15) is 13.2 Å². The third kappa shape index (κ3) is 6.68. The maximum absolute atomic E-state index is 12.7. The number of ether oxygens (including phenoxy) is 1. The van der Waals surface area contributed by atoms with Crippen LogP contribution in [0.3, 0.4) is 0 Å². The minimum absolute atomic E-state index is 0.0622. The number of aryl methyl sites for hydroxylation is 1. The first kappa shape index (κ1) is 25.0. The molecule has 0 unspecified atom stereocenters. The molecule has 1 aliphatic rings. The van der Waals surface area contributed by atoms with Crippen molar-refractivity contribution in [1.82, 2.24) is 9.80 Å². The summed E-state index contributed by atoms with van der Waals surface area (Å²) < 4.78 is 4.86. The minimum Gasteiger partial charge on any atom is -0.375 e. The summed E-state index contributed by atoms with van der Waals surface area (Å²) in [4.78, 5) is 42.7. The predicted molar refractivity (Wildman–Crippen MR) is 133 cm³/mol. The highest BCUT2D eigenvalue weighted by Gasteiger charge is 2.22. The first-order chi connectivity index (χ1) is 16.4. The van der Waals surface area contributed by atoms with Crippen molar-refractivity contribution in [3.63, 3.8) is 0 Å². The number of anilines is 2. The Kier molecular flexibility index (Phi) is 8.81. The van der Waals surface area contributed by atoms with Crippen molar-refractivity contribution in [3.8, 4) is 0 Å². The topological polar surface area (TPSA) is 82.2 Å². The van der Waals surface area contributed by atoms with E-state index in [1.54, 1.807) is 6.08 Å². The summed E-state index contributed by atoms with van der Waals surface area (Å²) in [5.74, 6) is -0.498. The molecule has 0 aliphatic carbocycles. The van der Waals surface area contributed by atoms with E-state index in [1.165, 1.54) is 12.0 Å². The van der Waals surface area contributed by atoms with Crippen LogP contribution < -0.4 is 10.2 Å². The van der Waals surface area contributed by atoms with Crippen molar-refractivity contribution in [2.24, 2.45) is 0 Å². The largest absolute Gasteiger partial charge is 0.375 e. The van der Waals surface area contributed by atoms with Gasteiger partial charge in [-0.1, -0.05) is 23.8 Å². The Morgan fingerprint density at radius 3 is 2.26 bits per heavy atom. The van der Waals surface area contributed by atoms with Gasteiger partial charge in [-0.2, -0.15) is 0 Å². The Hall–Kier alpha value is -3.65. The molecule has 34 heavy (non-hydrogen) atoms. The molecule has 8 nitrogen and oxygen atoms in total. The number of benzene rings is 2. The van der Waals surface area contributed by atoms with Crippen LogP contribution >= 0.6 is 0 Å². The Balaban J connectivity index is 1.51.